The van der Waals surface area contributed by atoms with Crippen molar-refractivity contribution in [3.05, 3.63) is 57.7 Å². The zero-order valence-corrected chi connectivity index (χ0v) is 23.2. The van der Waals surface area contributed by atoms with Gasteiger partial charge in [-0.15, -0.1) is 15.7 Å². The first kappa shape index (κ1) is 27.7. The summed E-state index contributed by atoms with van der Waals surface area (Å²) in [6, 6.07) is 2.95. The van der Waals surface area contributed by atoms with E-state index < -0.39 is 49.5 Å². The van der Waals surface area contributed by atoms with Crippen molar-refractivity contribution in [2.45, 2.75) is 56.1 Å². The van der Waals surface area contributed by atoms with Gasteiger partial charge in [0.15, 0.2) is 17.5 Å². The fourth-order valence-corrected chi connectivity index (χ4v) is 8.33. The Hall–Kier alpha value is -2.88. The third-order valence-corrected chi connectivity index (χ3v) is 10.2. The molecule has 3 aliphatic rings. The van der Waals surface area contributed by atoms with Crippen LogP contribution in [0, 0.1) is 17.6 Å². The fourth-order valence-electron chi connectivity index (χ4n) is 5.30. The molecule has 2 aliphatic heterocycles. The molecule has 1 saturated carbocycles. The number of sulfonamides is 2. The van der Waals surface area contributed by atoms with Crippen molar-refractivity contribution >= 4 is 48.1 Å². The van der Waals surface area contributed by atoms with E-state index in [1.807, 2.05) is 0 Å². The van der Waals surface area contributed by atoms with E-state index in [1.54, 1.807) is 0 Å². The van der Waals surface area contributed by atoms with Crippen LogP contribution < -0.4 is 10.0 Å². The molecule has 2 atom stereocenters. The van der Waals surface area contributed by atoms with Gasteiger partial charge < -0.3 is 15.3 Å². The molecule has 1 aliphatic carbocycles. The van der Waals surface area contributed by atoms with Crippen LogP contribution >= 0.6 is 11.3 Å². The molecule has 3 heterocycles. The maximum atomic E-state index is 13.9. The van der Waals surface area contributed by atoms with Gasteiger partial charge in [-0.05, 0) is 35.9 Å². The van der Waals surface area contributed by atoms with Gasteiger partial charge in [0.25, 0.3) is 15.9 Å². The maximum absolute atomic E-state index is 13.9. The average molecular weight is 601 g/mol. The molecule has 0 spiro atoms. The molecule has 10 nitrogen and oxygen atoms in total. The van der Waals surface area contributed by atoms with Crippen LogP contribution in [0.3, 0.4) is 0 Å². The molecule has 2 aromatic rings. The van der Waals surface area contributed by atoms with E-state index in [4.69, 9.17) is 0 Å². The summed E-state index contributed by atoms with van der Waals surface area (Å²) in [5.41, 5.74) is 0.243. The van der Waals surface area contributed by atoms with E-state index in [0.29, 0.717) is 18.4 Å². The lowest BCUT2D eigenvalue weighted by molar-refractivity contribution is -0.132. The van der Waals surface area contributed by atoms with Gasteiger partial charge in [-0.25, -0.2) is 21.9 Å². The Balaban J connectivity index is 1.54. The number of thiophene rings is 1. The summed E-state index contributed by atoms with van der Waals surface area (Å²) in [7, 11) is -7.96. The Morgan fingerprint density at radius 1 is 1.21 bits per heavy atom. The van der Waals surface area contributed by atoms with Crippen molar-refractivity contribution in [3.63, 3.8) is 0 Å². The zero-order valence-electron chi connectivity index (χ0n) is 20.8. The second-order valence-corrected chi connectivity index (χ2v) is 14.1. The molecule has 0 bridgehead atoms. The molecule has 5 rings (SSSR count). The van der Waals surface area contributed by atoms with Gasteiger partial charge in [0.05, 0.1) is 6.26 Å². The monoisotopic (exact) mass is 600 g/mol. The first-order valence-corrected chi connectivity index (χ1v) is 16.4. The van der Waals surface area contributed by atoms with Gasteiger partial charge in [0, 0.05) is 30.6 Å². The molecule has 0 unspecified atom stereocenters. The first-order chi connectivity index (χ1) is 18.4. The van der Waals surface area contributed by atoms with Crippen LogP contribution in [0.25, 0.3) is 0 Å². The van der Waals surface area contributed by atoms with Crippen LogP contribution in [0.4, 0.5) is 13.8 Å². The third-order valence-electron chi connectivity index (χ3n) is 7.08. The normalized spacial score (nSPS) is 23.0. The molecule has 1 aromatic carbocycles. The summed E-state index contributed by atoms with van der Waals surface area (Å²) in [6.45, 7) is -0.339. The van der Waals surface area contributed by atoms with E-state index >= 15 is 0 Å². The van der Waals surface area contributed by atoms with Crippen LogP contribution in [0.15, 0.2) is 44.2 Å². The zero-order chi connectivity index (χ0) is 28.1. The molecule has 210 valence electrons. The molecule has 1 aromatic heterocycles. The number of halogens is 2. The average Bonchev–Trinajstić information content (AvgIpc) is 3.11. The van der Waals surface area contributed by atoms with Crippen molar-refractivity contribution < 1.29 is 35.5 Å². The number of hydrogen-bond acceptors (Lipinski definition) is 8. The Kier molecular flexibility index (Phi) is 7.28. The Bertz CT molecular complexity index is 1620. The van der Waals surface area contributed by atoms with Crippen molar-refractivity contribution in [1.82, 2.24) is 9.62 Å². The maximum Gasteiger partial charge on any atom is 0.287 e. The van der Waals surface area contributed by atoms with Gasteiger partial charge in [-0.2, -0.15) is 8.42 Å². The lowest BCUT2D eigenvalue weighted by Crippen LogP contribution is -2.51. The molecular weight excluding hydrogens is 574 g/mol. The van der Waals surface area contributed by atoms with Crippen LogP contribution in [-0.2, 0) is 37.9 Å². The largest absolute Gasteiger partial charge is 0.511 e. The van der Waals surface area contributed by atoms with E-state index in [0.717, 1.165) is 49.0 Å². The minimum absolute atomic E-state index is 0.0699. The van der Waals surface area contributed by atoms with E-state index in [-0.39, 0.29) is 45.7 Å². The highest BCUT2D eigenvalue weighted by molar-refractivity contribution is 7.91. The van der Waals surface area contributed by atoms with Gasteiger partial charge in [-0.1, -0.05) is 25.3 Å². The number of aliphatic hydroxyl groups is 1. The van der Waals surface area contributed by atoms with Crippen LogP contribution in [-0.4, -0.2) is 50.9 Å². The molecule has 0 saturated heterocycles. The second-order valence-electron chi connectivity index (χ2n) is 9.81. The minimum Gasteiger partial charge on any atom is -0.511 e. The van der Waals surface area contributed by atoms with E-state index in [1.165, 1.54) is 16.3 Å². The van der Waals surface area contributed by atoms with Crippen LogP contribution in [0.1, 0.15) is 43.2 Å². The summed E-state index contributed by atoms with van der Waals surface area (Å²) in [5, 5.41) is 15.8. The van der Waals surface area contributed by atoms with Crippen molar-refractivity contribution in [1.29, 1.82) is 0 Å². The Morgan fingerprint density at radius 3 is 2.67 bits per heavy atom. The van der Waals surface area contributed by atoms with Crippen molar-refractivity contribution in [2.24, 2.45) is 10.3 Å². The number of nitrogens with one attached hydrogen (secondary N) is 2. The molecule has 0 radical (unpaired) electrons. The highest BCUT2D eigenvalue weighted by Crippen LogP contribution is 2.42. The molecule has 39 heavy (non-hydrogen) atoms. The van der Waals surface area contributed by atoms with E-state index in [2.05, 4.69) is 14.4 Å². The smallest absolute Gasteiger partial charge is 0.287 e. The van der Waals surface area contributed by atoms with Gasteiger partial charge >= 0.3 is 0 Å². The number of rotatable bonds is 6. The summed E-state index contributed by atoms with van der Waals surface area (Å²) in [6.07, 6.45) is 4.57. The number of carbonyl (C=O) groups excluding carboxylic acids is 1. The quantitative estimate of drug-likeness (QED) is 0.461. The number of nitrogens with zero attached hydrogens (tertiary/aromatic N) is 2. The Morgan fingerprint density at radius 2 is 1.95 bits per heavy atom. The standard InChI is InChI=1S/C24H26F2N4O6S3/c1-38(33,34)27-10-14-12-37-23-21(14)39(35,36)29-22(28-23)19-20(31)15-5-3-2-4-6-18(15)30(24(19)32)11-13-7-8-16(25)17(26)9-13/h7-9,12,15,18,27,31H,2-6,10-11H2,1H3,(H,28,29)/t15-,18+/m1/s1. The van der Waals surface area contributed by atoms with Gasteiger partial charge in [-0.3, -0.25) is 4.79 Å². The molecule has 3 N–H and O–H groups in total. The summed E-state index contributed by atoms with van der Waals surface area (Å²) in [5.74, 6) is -3.83. The lowest BCUT2D eigenvalue weighted by atomic mass is 9.84. The number of aliphatic hydroxyl groups excluding tert-OH is 1. The third kappa shape index (κ3) is 5.44. The molecule has 1 amide bonds. The lowest BCUT2D eigenvalue weighted by Gasteiger charge is -2.41. The predicted molar refractivity (Wildman–Crippen MR) is 141 cm³/mol. The predicted octanol–water partition coefficient (Wildman–Crippen LogP) is 3.39. The number of benzene rings is 1. The highest BCUT2D eigenvalue weighted by atomic mass is 32.2. The summed E-state index contributed by atoms with van der Waals surface area (Å²) < 4.78 is 83.0. The number of fused-ring (bicyclic) bond motifs is 2. The topological polar surface area (TPSA) is 145 Å². The van der Waals surface area contributed by atoms with Crippen molar-refractivity contribution in [2.75, 3.05) is 11.6 Å². The second kappa shape index (κ2) is 10.3. The summed E-state index contributed by atoms with van der Waals surface area (Å²) in [4.78, 5) is 15.1. The van der Waals surface area contributed by atoms with Gasteiger partial charge in [0.1, 0.15) is 21.2 Å². The fraction of sp³-hybridized carbons (Fsp3) is 0.417. The SMILES string of the molecule is CS(=O)(=O)NCc1csc2c1S(=O)(=O)N=C(C1=C(O)[C@@H]3CCCCC[C@@H]3N(Cc3ccc(F)c(F)c3)C1=O)N2. The molecule has 15 heteroatoms. The van der Waals surface area contributed by atoms with Crippen LogP contribution in [0.5, 0.6) is 0 Å². The first-order valence-electron chi connectivity index (χ1n) is 12.2. The number of anilines is 1. The van der Waals surface area contributed by atoms with Crippen molar-refractivity contribution in [3.8, 4) is 0 Å². The number of carbonyl (C=O) groups is 1. The number of amides is 1. The Labute approximate surface area is 228 Å². The minimum atomic E-state index is -4.37. The highest BCUT2D eigenvalue weighted by Gasteiger charge is 2.45. The number of amidine groups is 1. The summed E-state index contributed by atoms with van der Waals surface area (Å²) >= 11 is 0.995. The van der Waals surface area contributed by atoms with Gasteiger partial charge in [0.2, 0.25) is 10.0 Å². The van der Waals surface area contributed by atoms with E-state index in [9.17, 15) is 35.5 Å². The van der Waals surface area contributed by atoms with Crippen LogP contribution in [0.2, 0.25) is 0 Å². The molecule has 1 fully saturated rings. The molecular formula is C24H26F2N4O6S3. The number of hydrogen-bond donors (Lipinski definition) is 3.